The maximum atomic E-state index is 5.55. The van der Waals surface area contributed by atoms with Gasteiger partial charge in [-0.1, -0.05) is 0 Å². The highest BCUT2D eigenvalue weighted by Crippen LogP contribution is 2.08. The monoisotopic (exact) mass is 224 g/mol. The number of morpholine rings is 1. The minimum atomic E-state index is 0.677. The number of ether oxygens (including phenoxy) is 1. The van der Waals surface area contributed by atoms with Crippen molar-refractivity contribution in [3.8, 4) is 0 Å². The molecule has 1 aliphatic rings. The molecule has 5 heteroatoms. The second-order valence-corrected chi connectivity index (χ2v) is 4.15. The van der Waals surface area contributed by atoms with Crippen LogP contribution >= 0.6 is 0 Å². The van der Waals surface area contributed by atoms with Crippen LogP contribution in [0.5, 0.6) is 0 Å². The molecule has 1 saturated heterocycles. The molecule has 0 aliphatic carbocycles. The van der Waals surface area contributed by atoms with Crippen molar-refractivity contribution in [2.45, 2.75) is 13.0 Å². The van der Waals surface area contributed by atoms with E-state index in [0.717, 1.165) is 45.1 Å². The molecule has 2 N–H and O–H groups in total. The lowest BCUT2D eigenvalue weighted by Crippen LogP contribution is -2.36. The highest BCUT2D eigenvalue weighted by Gasteiger charge is 2.14. The molecule has 2 heterocycles. The van der Waals surface area contributed by atoms with Crippen molar-refractivity contribution in [1.82, 2.24) is 14.5 Å². The van der Waals surface area contributed by atoms with Gasteiger partial charge in [0, 0.05) is 38.4 Å². The molecule has 1 fully saturated rings. The quantitative estimate of drug-likeness (QED) is 0.766. The van der Waals surface area contributed by atoms with E-state index in [4.69, 9.17) is 10.5 Å². The standard InChI is InChI=1S/C11H20N4O/c1-14-10(2-3-12)8-13-11(14)9-15-4-6-16-7-5-15/h8H,2-7,9,12H2,1H3. The number of imidazole rings is 1. The van der Waals surface area contributed by atoms with Crippen LogP contribution in [-0.4, -0.2) is 47.3 Å². The Labute approximate surface area is 96.2 Å². The summed E-state index contributed by atoms with van der Waals surface area (Å²) in [5.41, 5.74) is 6.77. The van der Waals surface area contributed by atoms with Crippen LogP contribution in [0.4, 0.5) is 0 Å². The summed E-state index contributed by atoms with van der Waals surface area (Å²) in [4.78, 5) is 6.83. The first-order valence-corrected chi connectivity index (χ1v) is 5.81. The molecule has 0 aromatic carbocycles. The van der Waals surface area contributed by atoms with E-state index in [1.807, 2.05) is 6.20 Å². The van der Waals surface area contributed by atoms with Crippen LogP contribution in [-0.2, 0) is 24.8 Å². The number of aromatic nitrogens is 2. The lowest BCUT2D eigenvalue weighted by molar-refractivity contribution is 0.0327. The van der Waals surface area contributed by atoms with E-state index in [1.54, 1.807) is 0 Å². The van der Waals surface area contributed by atoms with Gasteiger partial charge in [0.15, 0.2) is 0 Å². The zero-order valence-electron chi connectivity index (χ0n) is 9.85. The Bertz CT molecular complexity index is 331. The molecule has 0 bridgehead atoms. The predicted octanol–water partition coefficient (Wildman–Crippen LogP) is -0.246. The molecule has 0 unspecified atom stereocenters. The fraction of sp³-hybridized carbons (Fsp3) is 0.727. The molecule has 0 atom stereocenters. The van der Waals surface area contributed by atoms with Gasteiger partial charge < -0.3 is 15.0 Å². The maximum absolute atomic E-state index is 5.55. The SMILES string of the molecule is Cn1c(CCN)cnc1CN1CCOCC1. The van der Waals surface area contributed by atoms with E-state index in [2.05, 4.69) is 21.5 Å². The second kappa shape index (κ2) is 5.43. The summed E-state index contributed by atoms with van der Waals surface area (Å²) >= 11 is 0. The van der Waals surface area contributed by atoms with Crippen LogP contribution in [0.3, 0.4) is 0 Å². The molecule has 0 radical (unpaired) electrons. The van der Waals surface area contributed by atoms with Gasteiger partial charge in [0.05, 0.1) is 19.8 Å². The Balaban J connectivity index is 1.97. The van der Waals surface area contributed by atoms with Gasteiger partial charge in [-0.25, -0.2) is 4.98 Å². The van der Waals surface area contributed by atoms with Crippen LogP contribution in [0, 0.1) is 0 Å². The molecule has 1 aromatic rings. The van der Waals surface area contributed by atoms with Crippen LogP contribution in [0.25, 0.3) is 0 Å². The molecule has 90 valence electrons. The molecule has 0 saturated carbocycles. The number of nitrogens with zero attached hydrogens (tertiary/aromatic N) is 3. The molecular formula is C11H20N4O. The van der Waals surface area contributed by atoms with E-state index < -0.39 is 0 Å². The maximum Gasteiger partial charge on any atom is 0.122 e. The Morgan fingerprint density at radius 1 is 1.44 bits per heavy atom. The van der Waals surface area contributed by atoms with E-state index in [-0.39, 0.29) is 0 Å². The van der Waals surface area contributed by atoms with Gasteiger partial charge in [-0.15, -0.1) is 0 Å². The van der Waals surface area contributed by atoms with E-state index in [1.165, 1.54) is 5.69 Å². The number of hydrogen-bond donors (Lipinski definition) is 1. The summed E-state index contributed by atoms with van der Waals surface area (Å²) in [6, 6.07) is 0. The average Bonchev–Trinajstić information content (AvgIpc) is 2.64. The third-order valence-electron chi connectivity index (χ3n) is 3.05. The first kappa shape index (κ1) is 11.6. The molecule has 1 aromatic heterocycles. The lowest BCUT2D eigenvalue weighted by atomic mass is 10.3. The first-order chi connectivity index (χ1) is 7.81. The summed E-state index contributed by atoms with van der Waals surface area (Å²) in [7, 11) is 2.06. The zero-order chi connectivity index (χ0) is 11.4. The third kappa shape index (κ3) is 2.61. The van der Waals surface area contributed by atoms with E-state index in [0.29, 0.717) is 6.54 Å². The van der Waals surface area contributed by atoms with Crippen LogP contribution in [0.2, 0.25) is 0 Å². The van der Waals surface area contributed by atoms with E-state index >= 15 is 0 Å². The third-order valence-corrected chi connectivity index (χ3v) is 3.05. The highest BCUT2D eigenvalue weighted by molar-refractivity contribution is 5.05. The fourth-order valence-electron chi connectivity index (χ4n) is 1.97. The second-order valence-electron chi connectivity index (χ2n) is 4.15. The number of hydrogen-bond acceptors (Lipinski definition) is 4. The van der Waals surface area contributed by atoms with Crippen LogP contribution in [0.15, 0.2) is 6.20 Å². The van der Waals surface area contributed by atoms with Gasteiger partial charge in [-0.05, 0) is 6.54 Å². The molecule has 2 rings (SSSR count). The van der Waals surface area contributed by atoms with Crippen molar-refractivity contribution >= 4 is 0 Å². The van der Waals surface area contributed by atoms with Gasteiger partial charge >= 0.3 is 0 Å². The van der Waals surface area contributed by atoms with Crippen molar-refractivity contribution < 1.29 is 4.74 Å². The molecule has 0 spiro atoms. The summed E-state index contributed by atoms with van der Waals surface area (Å²) in [5.74, 6) is 1.12. The largest absolute Gasteiger partial charge is 0.379 e. The predicted molar refractivity (Wildman–Crippen MR) is 62.1 cm³/mol. The van der Waals surface area contributed by atoms with Gasteiger partial charge in [-0.2, -0.15) is 0 Å². The minimum Gasteiger partial charge on any atom is -0.379 e. The zero-order valence-corrected chi connectivity index (χ0v) is 9.85. The summed E-state index contributed by atoms with van der Waals surface area (Å²) in [6.45, 7) is 5.25. The number of nitrogens with two attached hydrogens (primary N) is 1. The molecule has 1 aliphatic heterocycles. The van der Waals surface area contributed by atoms with Crippen molar-refractivity contribution in [2.24, 2.45) is 12.8 Å². The van der Waals surface area contributed by atoms with Crippen molar-refractivity contribution in [1.29, 1.82) is 0 Å². The van der Waals surface area contributed by atoms with Crippen molar-refractivity contribution in [3.63, 3.8) is 0 Å². The Kier molecular flexibility index (Phi) is 3.93. The van der Waals surface area contributed by atoms with Gasteiger partial charge in [0.25, 0.3) is 0 Å². The Morgan fingerprint density at radius 2 is 2.19 bits per heavy atom. The molecule has 0 amide bonds. The topological polar surface area (TPSA) is 56.3 Å². The van der Waals surface area contributed by atoms with Crippen LogP contribution in [0.1, 0.15) is 11.5 Å². The lowest BCUT2D eigenvalue weighted by Gasteiger charge is -2.26. The normalized spacial score (nSPS) is 17.9. The van der Waals surface area contributed by atoms with Crippen LogP contribution < -0.4 is 5.73 Å². The molecule has 16 heavy (non-hydrogen) atoms. The minimum absolute atomic E-state index is 0.677. The molecular weight excluding hydrogens is 204 g/mol. The first-order valence-electron chi connectivity index (χ1n) is 5.81. The highest BCUT2D eigenvalue weighted by atomic mass is 16.5. The van der Waals surface area contributed by atoms with Crippen molar-refractivity contribution in [3.05, 3.63) is 17.7 Å². The Hall–Kier alpha value is -0.910. The summed E-state index contributed by atoms with van der Waals surface area (Å²) in [5, 5.41) is 0. The smallest absolute Gasteiger partial charge is 0.122 e. The van der Waals surface area contributed by atoms with Gasteiger partial charge in [0.1, 0.15) is 5.82 Å². The Morgan fingerprint density at radius 3 is 2.88 bits per heavy atom. The fourth-order valence-corrected chi connectivity index (χ4v) is 1.97. The molecule has 5 nitrogen and oxygen atoms in total. The van der Waals surface area contributed by atoms with Gasteiger partial charge in [-0.3, -0.25) is 4.90 Å². The van der Waals surface area contributed by atoms with E-state index in [9.17, 15) is 0 Å². The van der Waals surface area contributed by atoms with Crippen molar-refractivity contribution in [2.75, 3.05) is 32.8 Å². The summed E-state index contributed by atoms with van der Waals surface area (Å²) in [6.07, 6.45) is 2.83. The number of rotatable bonds is 4. The summed E-state index contributed by atoms with van der Waals surface area (Å²) < 4.78 is 7.48. The van der Waals surface area contributed by atoms with Gasteiger partial charge in [0.2, 0.25) is 0 Å². The average molecular weight is 224 g/mol.